The van der Waals surface area contributed by atoms with Crippen LogP contribution in [0, 0.1) is 0 Å². The number of hydrogen-bond donors (Lipinski definition) is 0. The van der Waals surface area contributed by atoms with Crippen molar-refractivity contribution in [3.63, 3.8) is 0 Å². The van der Waals surface area contributed by atoms with Gasteiger partial charge < -0.3 is 0 Å². The van der Waals surface area contributed by atoms with Crippen molar-refractivity contribution in [2.24, 2.45) is 0 Å². The molecule has 0 amide bonds. The zero-order valence-corrected chi connectivity index (χ0v) is 9.97. The van der Waals surface area contributed by atoms with Crippen LogP contribution in [0.15, 0.2) is 0 Å². The molecule has 0 aromatic heterocycles. The molecule has 42 valence electrons. The molecule has 5 heteroatoms. The Labute approximate surface area is 58.8 Å². The van der Waals surface area contributed by atoms with Gasteiger partial charge in [0.25, 0.3) is 0 Å². The van der Waals surface area contributed by atoms with Gasteiger partial charge in [-0.1, -0.05) is 0 Å². The van der Waals surface area contributed by atoms with Crippen molar-refractivity contribution in [3.8, 4) is 0 Å². The summed E-state index contributed by atoms with van der Waals surface area (Å²) in [4.78, 5) is 0. The molecule has 0 saturated heterocycles. The van der Waals surface area contributed by atoms with Crippen LogP contribution in [0.25, 0.3) is 0 Å². The number of hydrogen-bond acceptors (Lipinski definition) is 0. The second kappa shape index (κ2) is 33.2. The molecule has 3 unspecified atom stereocenters. The molecule has 0 radical (unpaired) electrons. The molecule has 5 heavy (non-hydrogen) atoms. The van der Waals surface area contributed by atoms with Crippen molar-refractivity contribution in [2.75, 3.05) is 0 Å². The minimum atomic E-state index is 0. The first-order valence-electron chi connectivity index (χ1n) is 0.114. The van der Waals surface area contributed by atoms with Crippen LogP contribution in [0.2, 0.25) is 0 Å². The van der Waals surface area contributed by atoms with Crippen LogP contribution >= 0.6 is 38.9 Å². The van der Waals surface area contributed by atoms with Gasteiger partial charge in [-0.25, -0.2) is 0 Å². The second-order valence-electron chi connectivity index (χ2n) is 0. The third-order valence-corrected chi connectivity index (χ3v) is 0. The second-order valence-corrected chi connectivity index (χ2v) is 0. The summed E-state index contributed by atoms with van der Waals surface area (Å²) in [6.45, 7) is 0. The van der Waals surface area contributed by atoms with E-state index in [0.29, 0.717) is 0 Å². The molecular formula is H9AuClP3. The van der Waals surface area contributed by atoms with Crippen LogP contribution in [0.4, 0.5) is 0 Å². The van der Waals surface area contributed by atoms with E-state index in [1.165, 1.54) is 0 Å². The van der Waals surface area contributed by atoms with Crippen molar-refractivity contribution in [1.82, 2.24) is 0 Å². The van der Waals surface area contributed by atoms with E-state index < -0.39 is 0 Å². The van der Waals surface area contributed by atoms with Crippen molar-refractivity contribution in [1.29, 1.82) is 0 Å². The van der Waals surface area contributed by atoms with E-state index in [9.17, 15) is 0 Å². The zero-order valence-electron chi connectivity index (χ0n) is 2.80. The molecule has 0 heterocycles. The van der Waals surface area contributed by atoms with E-state index in [1.54, 1.807) is 20.0 Å². The first-order valence-corrected chi connectivity index (χ1v) is 2.80. The maximum absolute atomic E-state index is 4.58. The average Bonchev–Trinajstić information content (AvgIpc) is 1.00. The number of rotatable bonds is 0. The standard InChI is InChI=1S/Au.ClH.3H3P/h;1H;3*1H3/q+1;;;;/p-1. The van der Waals surface area contributed by atoms with Crippen LogP contribution in [0.5, 0.6) is 0 Å². The fraction of sp³-hybridized carbons (Fsp3) is 0. The fourth-order valence-electron chi connectivity index (χ4n) is 0. The molecule has 0 fully saturated rings. The fourth-order valence-corrected chi connectivity index (χ4v) is 0. The van der Waals surface area contributed by atoms with E-state index in [0.717, 1.165) is 0 Å². The molecule has 0 aromatic carbocycles. The van der Waals surface area contributed by atoms with E-state index in [4.69, 9.17) is 0 Å². The Kier molecular flexibility index (Phi) is 176. The predicted molar refractivity (Wildman–Crippen MR) is 39.2 cm³/mol. The summed E-state index contributed by atoms with van der Waals surface area (Å²) < 4.78 is 0. The van der Waals surface area contributed by atoms with Gasteiger partial charge in [-0.2, -0.15) is 29.7 Å². The van der Waals surface area contributed by atoms with Gasteiger partial charge in [-0.3, -0.25) is 0 Å². The first-order chi connectivity index (χ1) is 1.00. The van der Waals surface area contributed by atoms with Gasteiger partial charge in [-0.05, 0) is 0 Å². The summed E-state index contributed by atoms with van der Waals surface area (Å²) in [7, 11) is 4.58. The Morgan fingerprint density at radius 3 is 0.800 bits per heavy atom. The third-order valence-electron chi connectivity index (χ3n) is 0. The first kappa shape index (κ1) is 26.5. The Bertz CT molecular complexity index is 6.85. The van der Waals surface area contributed by atoms with E-state index in [-0.39, 0.29) is 29.7 Å². The van der Waals surface area contributed by atoms with Crippen molar-refractivity contribution in [2.45, 2.75) is 0 Å². The predicted octanol–water partition coefficient (Wildman–Crippen LogP) is 0.861. The van der Waals surface area contributed by atoms with Crippen LogP contribution in [-0.4, -0.2) is 0 Å². The van der Waals surface area contributed by atoms with E-state index in [2.05, 4.69) is 9.19 Å². The van der Waals surface area contributed by atoms with Crippen LogP contribution in [0.3, 0.4) is 0 Å². The SMILES string of the molecule is P.P.P.[Cl][Au]. The summed E-state index contributed by atoms with van der Waals surface area (Å²) in [5.74, 6) is 0. The minimum absolute atomic E-state index is 0. The normalized spacial score (nSPS) is 1.40. The molecule has 3 atom stereocenters. The zero-order chi connectivity index (χ0) is 2.00. The maximum atomic E-state index is 4.58. The summed E-state index contributed by atoms with van der Waals surface area (Å²) in [5, 5.41) is 0. The molecule has 0 saturated carbocycles. The monoisotopic (exact) mass is 334 g/mol. The quantitative estimate of drug-likeness (QED) is 0.455. The summed E-state index contributed by atoms with van der Waals surface area (Å²) in [5.41, 5.74) is 0. The topological polar surface area (TPSA) is 0 Å². The molecule has 0 aromatic rings. The van der Waals surface area contributed by atoms with Gasteiger partial charge in [-0.15, -0.1) is 0 Å². The average molecular weight is 334 g/mol. The van der Waals surface area contributed by atoms with E-state index >= 15 is 0 Å². The molecule has 0 aliphatic carbocycles. The van der Waals surface area contributed by atoms with Gasteiger partial charge in [0.15, 0.2) is 0 Å². The number of halogens is 1. The summed E-state index contributed by atoms with van der Waals surface area (Å²) in [6, 6.07) is 0. The molecule has 0 bridgehead atoms. The Morgan fingerprint density at radius 2 is 0.800 bits per heavy atom. The molecule has 0 aliphatic rings. The molecule has 0 aliphatic heterocycles. The third kappa shape index (κ3) is 21.9. The summed E-state index contributed by atoms with van der Waals surface area (Å²) in [6.07, 6.45) is 0. The van der Waals surface area contributed by atoms with Crippen molar-refractivity contribution >= 4 is 38.9 Å². The van der Waals surface area contributed by atoms with Gasteiger partial charge in [0.2, 0.25) is 0 Å². The molecule has 0 spiro atoms. The van der Waals surface area contributed by atoms with Gasteiger partial charge >= 0.3 is 29.2 Å². The van der Waals surface area contributed by atoms with Gasteiger partial charge in [0.05, 0.1) is 0 Å². The van der Waals surface area contributed by atoms with Gasteiger partial charge in [0, 0.05) is 0 Å². The van der Waals surface area contributed by atoms with E-state index in [1.807, 2.05) is 0 Å². The summed E-state index contributed by atoms with van der Waals surface area (Å²) >= 11 is 1.75. The van der Waals surface area contributed by atoms with Crippen LogP contribution < -0.4 is 0 Å². The molecular weight excluding hydrogens is 325 g/mol. The van der Waals surface area contributed by atoms with Gasteiger partial charge in [0.1, 0.15) is 0 Å². The van der Waals surface area contributed by atoms with Crippen LogP contribution in [0.1, 0.15) is 0 Å². The van der Waals surface area contributed by atoms with Crippen molar-refractivity contribution in [3.05, 3.63) is 0 Å². The Morgan fingerprint density at radius 1 is 0.800 bits per heavy atom. The molecule has 0 N–H and O–H groups in total. The Balaban J connectivity index is -0.00000000167. The van der Waals surface area contributed by atoms with Crippen molar-refractivity contribution < 1.29 is 20.0 Å². The Hall–Kier alpha value is 2.32. The molecule has 0 rings (SSSR count). The van der Waals surface area contributed by atoms with Crippen LogP contribution in [-0.2, 0) is 20.0 Å². The molecule has 0 nitrogen and oxygen atoms in total.